The molecule has 0 saturated carbocycles. The topological polar surface area (TPSA) is 86.4 Å². The Kier molecular flexibility index (Phi) is 5.84. The van der Waals surface area contributed by atoms with Crippen LogP contribution in [0.4, 0.5) is 5.82 Å². The van der Waals surface area contributed by atoms with Gasteiger partial charge in [-0.3, -0.25) is 4.79 Å². The highest BCUT2D eigenvalue weighted by molar-refractivity contribution is 5.90. The lowest BCUT2D eigenvalue weighted by Crippen LogP contribution is -2.18. The second-order valence-corrected chi connectivity index (χ2v) is 7.26. The number of nitrogens with zero attached hydrogens (tertiary/aromatic N) is 2. The fourth-order valence-electron chi connectivity index (χ4n) is 3.56. The van der Waals surface area contributed by atoms with E-state index < -0.39 is 5.63 Å². The number of fused-ring (bicyclic) bond motifs is 1. The van der Waals surface area contributed by atoms with Crippen molar-refractivity contribution in [2.75, 3.05) is 12.4 Å². The zero-order valence-electron chi connectivity index (χ0n) is 17.4. The van der Waals surface area contributed by atoms with E-state index in [-0.39, 0.29) is 18.7 Å². The number of aryl methyl sites for hydroxylation is 1. The van der Waals surface area contributed by atoms with Crippen LogP contribution in [-0.4, -0.2) is 22.8 Å². The van der Waals surface area contributed by atoms with Crippen LogP contribution in [0.5, 0.6) is 5.75 Å². The Balaban J connectivity index is 1.46. The minimum Gasteiger partial charge on any atom is -0.497 e. The molecule has 158 valence electrons. The van der Waals surface area contributed by atoms with Crippen molar-refractivity contribution in [3.8, 4) is 5.75 Å². The van der Waals surface area contributed by atoms with Gasteiger partial charge in [0.1, 0.15) is 17.2 Å². The third-order valence-electron chi connectivity index (χ3n) is 5.26. The summed E-state index contributed by atoms with van der Waals surface area (Å²) in [5, 5.41) is 8.00. The molecule has 1 N–H and O–H groups in total. The normalized spacial score (nSPS) is 10.9. The highest BCUT2D eigenvalue weighted by atomic mass is 16.5. The average molecular weight is 417 g/mol. The summed E-state index contributed by atoms with van der Waals surface area (Å²) in [4.78, 5) is 25.0. The number of rotatable bonds is 7. The van der Waals surface area contributed by atoms with Gasteiger partial charge in [-0.15, -0.1) is 0 Å². The molecule has 0 spiro atoms. The Bertz CT molecular complexity index is 1280. The summed E-state index contributed by atoms with van der Waals surface area (Å²) in [6, 6.07) is 17.0. The minimum atomic E-state index is -0.430. The van der Waals surface area contributed by atoms with E-state index in [4.69, 9.17) is 9.15 Å². The molecule has 4 rings (SSSR count). The monoisotopic (exact) mass is 417 g/mol. The molecule has 7 heteroatoms. The van der Waals surface area contributed by atoms with Crippen molar-refractivity contribution in [1.29, 1.82) is 0 Å². The zero-order valence-corrected chi connectivity index (χ0v) is 17.4. The first kappa shape index (κ1) is 20.4. The molecule has 0 unspecified atom stereocenters. The lowest BCUT2D eigenvalue weighted by Gasteiger charge is -2.10. The summed E-state index contributed by atoms with van der Waals surface area (Å²) in [5.41, 5.74) is 2.45. The van der Waals surface area contributed by atoms with Gasteiger partial charge in [-0.1, -0.05) is 30.3 Å². The number of aromatic nitrogens is 2. The third kappa shape index (κ3) is 4.50. The van der Waals surface area contributed by atoms with Gasteiger partial charge < -0.3 is 14.5 Å². The van der Waals surface area contributed by atoms with Gasteiger partial charge in [0, 0.05) is 29.5 Å². The van der Waals surface area contributed by atoms with Crippen LogP contribution in [-0.2, 0) is 17.8 Å². The Labute approximate surface area is 179 Å². The van der Waals surface area contributed by atoms with E-state index in [0.29, 0.717) is 29.3 Å². The molecule has 0 aliphatic rings. The molecule has 1 amide bonds. The predicted molar refractivity (Wildman–Crippen MR) is 118 cm³/mol. The lowest BCUT2D eigenvalue weighted by molar-refractivity contribution is -0.116. The Hall–Kier alpha value is -3.87. The van der Waals surface area contributed by atoms with Gasteiger partial charge in [-0.2, -0.15) is 5.10 Å². The van der Waals surface area contributed by atoms with Crippen molar-refractivity contribution in [2.24, 2.45) is 0 Å². The van der Waals surface area contributed by atoms with Crippen molar-refractivity contribution >= 4 is 22.7 Å². The van der Waals surface area contributed by atoms with E-state index in [1.54, 1.807) is 30.1 Å². The molecular formula is C24H23N3O4. The van der Waals surface area contributed by atoms with Crippen molar-refractivity contribution < 1.29 is 13.9 Å². The maximum Gasteiger partial charge on any atom is 0.339 e. The summed E-state index contributed by atoms with van der Waals surface area (Å²) >= 11 is 0. The minimum absolute atomic E-state index is 0.157. The first-order chi connectivity index (χ1) is 15.0. The van der Waals surface area contributed by atoms with Crippen molar-refractivity contribution in [1.82, 2.24) is 9.78 Å². The molecule has 2 heterocycles. The first-order valence-electron chi connectivity index (χ1n) is 10.0. The number of benzene rings is 2. The van der Waals surface area contributed by atoms with Crippen molar-refractivity contribution in [3.63, 3.8) is 0 Å². The molecule has 0 fully saturated rings. The third-order valence-corrected chi connectivity index (χ3v) is 5.26. The van der Waals surface area contributed by atoms with Crippen LogP contribution in [0.3, 0.4) is 0 Å². The van der Waals surface area contributed by atoms with Gasteiger partial charge in [0.05, 0.1) is 19.9 Å². The number of carbonyl (C=O) groups excluding carboxylic acids is 1. The molecule has 2 aromatic carbocycles. The van der Waals surface area contributed by atoms with E-state index in [1.165, 1.54) is 0 Å². The fraction of sp³-hybridized carbons (Fsp3) is 0.208. The van der Waals surface area contributed by atoms with Crippen LogP contribution < -0.4 is 15.7 Å². The fourth-order valence-corrected chi connectivity index (χ4v) is 3.56. The quantitative estimate of drug-likeness (QED) is 0.461. The maximum atomic E-state index is 12.6. The second kappa shape index (κ2) is 8.87. The summed E-state index contributed by atoms with van der Waals surface area (Å²) in [7, 11) is 1.56. The smallest absolute Gasteiger partial charge is 0.339 e. The summed E-state index contributed by atoms with van der Waals surface area (Å²) in [6.45, 7) is 2.42. The zero-order chi connectivity index (χ0) is 21.8. The molecule has 0 radical (unpaired) electrons. The summed E-state index contributed by atoms with van der Waals surface area (Å²) in [6.07, 6.45) is 2.09. The van der Waals surface area contributed by atoms with Gasteiger partial charge in [-0.25, -0.2) is 9.48 Å². The highest BCUT2D eigenvalue weighted by Gasteiger charge is 2.15. The lowest BCUT2D eigenvalue weighted by atomic mass is 10.0. The molecule has 0 aliphatic carbocycles. The molecular weight excluding hydrogens is 394 g/mol. The van der Waals surface area contributed by atoms with E-state index in [1.807, 2.05) is 49.4 Å². The predicted octanol–water partition coefficient (Wildman–Crippen LogP) is 3.93. The number of amides is 1. The standard InChI is InChI=1S/C24H23N3O4/c1-16-19-9-8-18(30-2)14-21(19)31-24(29)20(16)10-11-23(28)26-22-12-13-25-27(22)15-17-6-4-3-5-7-17/h3-9,12-14H,10-11,15H2,1-2H3,(H,26,28). The number of hydrogen-bond donors (Lipinski definition) is 1. The molecule has 4 aromatic rings. The second-order valence-electron chi connectivity index (χ2n) is 7.26. The molecule has 0 saturated heterocycles. The largest absolute Gasteiger partial charge is 0.497 e. The van der Waals surface area contributed by atoms with Gasteiger partial charge in [0.15, 0.2) is 0 Å². The molecule has 0 atom stereocenters. The van der Waals surface area contributed by atoms with Gasteiger partial charge in [0.2, 0.25) is 5.91 Å². The van der Waals surface area contributed by atoms with E-state index >= 15 is 0 Å². The number of carbonyl (C=O) groups is 1. The van der Waals surface area contributed by atoms with Gasteiger partial charge >= 0.3 is 5.63 Å². The Morgan fingerprint density at radius 3 is 2.74 bits per heavy atom. The van der Waals surface area contributed by atoms with Crippen LogP contribution >= 0.6 is 0 Å². The van der Waals surface area contributed by atoms with Crippen LogP contribution in [0.25, 0.3) is 11.0 Å². The van der Waals surface area contributed by atoms with Crippen LogP contribution in [0.1, 0.15) is 23.1 Å². The highest BCUT2D eigenvalue weighted by Crippen LogP contribution is 2.24. The number of methoxy groups -OCH3 is 1. The van der Waals surface area contributed by atoms with Crippen molar-refractivity contribution in [3.05, 3.63) is 87.9 Å². The summed E-state index contributed by atoms with van der Waals surface area (Å²) in [5.74, 6) is 1.04. The van der Waals surface area contributed by atoms with E-state index in [0.717, 1.165) is 16.5 Å². The SMILES string of the molecule is COc1ccc2c(C)c(CCC(=O)Nc3ccnn3Cc3ccccc3)c(=O)oc2c1. The van der Waals surface area contributed by atoms with Gasteiger partial charge in [-0.05, 0) is 36.6 Å². The average Bonchev–Trinajstić information content (AvgIpc) is 3.20. The molecule has 0 bridgehead atoms. The number of ether oxygens (including phenoxy) is 1. The van der Waals surface area contributed by atoms with Gasteiger partial charge in [0.25, 0.3) is 0 Å². The molecule has 2 aromatic heterocycles. The van der Waals surface area contributed by atoms with Crippen LogP contribution in [0.15, 0.2) is 70.0 Å². The number of anilines is 1. The Morgan fingerprint density at radius 1 is 1.16 bits per heavy atom. The number of hydrogen-bond acceptors (Lipinski definition) is 5. The van der Waals surface area contributed by atoms with Crippen LogP contribution in [0, 0.1) is 6.92 Å². The first-order valence-corrected chi connectivity index (χ1v) is 10.0. The Morgan fingerprint density at radius 2 is 1.97 bits per heavy atom. The number of nitrogens with one attached hydrogen (secondary N) is 1. The van der Waals surface area contributed by atoms with Crippen molar-refractivity contribution in [2.45, 2.75) is 26.3 Å². The van der Waals surface area contributed by atoms with E-state index in [2.05, 4.69) is 10.4 Å². The molecule has 7 nitrogen and oxygen atoms in total. The molecule has 0 aliphatic heterocycles. The van der Waals surface area contributed by atoms with E-state index in [9.17, 15) is 9.59 Å². The van der Waals surface area contributed by atoms with Crippen LogP contribution in [0.2, 0.25) is 0 Å². The molecule has 31 heavy (non-hydrogen) atoms. The maximum absolute atomic E-state index is 12.6. The summed E-state index contributed by atoms with van der Waals surface area (Å²) < 4.78 is 12.4.